The molecule has 0 aliphatic heterocycles. The minimum Gasteiger partial charge on any atom is -0.493 e. The quantitative estimate of drug-likeness (QED) is 0.179. The van der Waals surface area contributed by atoms with Gasteiger partial charge in [-0.25, -0.2) is 0 Å². The molecule has 1 aromatic carbocycles. The van der Waals surface area contributed by atoms with E-state index in [2.05, 4.69) is 4.84 Å². The maximum Gasteiger partial charge on any atom is 0.311 e. The lowest BCUT2D eigenvalue weighted by Gasteiger charge is -2.10. The van der Waals surface area contributed by atoms with Crippen molar-refractivity contribution in [2.75, 3.05) is 13.7 Å². The predicted molar refractivity (Wildman–Crippen MR) is 79.0 cm³/mol. The van der Waals surface area contributed by atoms with Gasteiger partial charge in [0.1, 0.15) is 0 Å². The van der Waals surface area contributed by atoms with Crippen LogP contribution in [-0.4, -0.2) is 30.7 Å². The molecule has 0 saturated carbocycles. The van der Waals surface area contributed by atoms with E-state index in [0.29, 0.717) is 11.3 Å². The second kappa shape index (κ2) is 9.03. The number of hydrogen-bond acceptors (Lipinski definition) is 7. The van der Waals surface area contributed by atoms with Gasteiger partial charge in [-0.15, -0.1) is 10.1 Å². The standard InChI is InChI=1S/C14H16N2O7/c1-21-12-9-10(5-7-13(15)17)4-6-11(12)23-14(18)3-2-8-22-16(19)20/h4-7,9H,2-3,8H2,1H3,(H2,15,17)/b7-5+. The Labute approximate surface area is 131 Å². The Balaban J connectivity index is 2.63. The number of rotatable bonds is 9. The van der Waals surface area contributed by atoms with Gasteiger partial charge < -0.3 is 20.0 Å². The summed E-state index contributed by atoms with van der Waals surface area (Å²) in [5.74, 6) is -0.664. The summed E-state index contributed by atoms with van der Waals surface area (Å²) in [6.07, 6.45) is 2.79. The number of nitrogens with two attached hydrogens (primary N) is 1. The molecule has 0 saturated heterocycles. The van der Waals surface area contributed by atoms with Gasteiger partial charge in [0, 0.05) is 12.5 Å². The van der Waals surface area contributed by atoms with Gasteiger partial charge in [-0.1, -0.05) is 6.07 Å². The molecule has 1 amide bonds. The first kappa shape index (κ1) is 18.0. The number of ether oxygens (including phenoxy) is 2. The van der Waals surface area contributed by atoms with E-state index in [-0.39, 0.29) is 25.2 Å². The predicted octanol–water partition coefficient (Wildman–Crippen LogP) is 1.09. The molecule has 0 radical (unpaired) electrons. The third kappa shape index (κ3) is 6.93. The van der Waals surface area contributed by atoms with E-state index in [1.807, 2.05) is 0 Å². The fourth-order valence-corrected chi connectivity index (χ4v) is 1.58. The van der Waals surface area contributed by atoms with Crippen molar-refractivity contribution in [1.82, 2.24) is 0 Å². The molecule has 124 valence electrons. The maximum absolute atomic E-state index is 11.6. The Kier molecular flexibility index (Phi) is 7.05. The number of primary amides is 1. The number of benzene rings is 1. The normalized spacial score (nSPS) is 10.3. The van der Waals surface area contributed by atoms with Gasteiger partial charge in [-0.2, -0.15) is 0 Å². The van der Waals surface area contributed by atoms with Crippen molar-refractivity contribution >= 4 is 18.0 Å². The van der Waals surface area contributed by atoms with Gasteiger partial charge in [0.2, 0.25) is 5.91 Å². The molecule has 23 heavy (non-hydrogen) atoms. The van der Waals surface area contributed by atoms with E-state index in [1.54, 1.807) is 12.1 Å². The lowest BCUT2D eigenvalue weighted by molar-refractivity contribution is -0.757. The van der Waals surface area contributed by atoms with Gasteiger partial charge in [0.25, 0.3) is 5.09 Å². The van der Waals surface area contributed by atoms with Crippen LogP contribution in [0.1, 0.15) is 18.4 Å². The summed E-state index contributed by atoms with van der Waals surface area (Å²) in [6.45, 7) is -0.184. The van der Waals surface area contributed by atoms with Crippen LogP contribution in [0.4, 0.5) is 0 Å². The molecule has 0 aliphatic rings. The molecular formula is C14H16N2O7. The van der Waals surface area contributed by atoms with Crippen LogP contribution in [-0.2, 0) is 14.4 Å². The number of methoxy groups -OCH3 is 1. The Morgan fingerprint density at radius 1 is 1.35 bits per heavy atom. The average Bonchev–Trinajstić information content (AvgIpc) is 2.50. The van der Waals surface area contributed by atoms with E-state index in [0.717, 1.165) is 0 Å². The molecule has 0 atom stereocenters. The summed E-state index contributed by atoms with van der Waals surface area (Å²) in [6, 6.07) is 4.68. The maximum atomic E-state index is 11.6. The number of nitrogens with zero attached hydrogens (tertiary/aromatic N) is 1. The van der Waals surface area contributed by atoms with Crippen molar-refractivity contribution in [3.63, 3.8) is 0 Å². The summed E-state index contributed by atoms with van der Waals surface area (Å²) < 4.78 is 10.2. The van der Waals surface area contributed by atoms with E-state index in [1.165, 1.54) is 25.3 Å². The van der Waals surface area contributed by atoms with Crippen molar-refractivity contribution in [3.05, 3.63) is 40.0 Å². The summed E-state index contributed by atoms with van der Waals surface area (Å²) in [5, 5.41) is 9.04. The molecule has 9 heteroatoms. The van der Waals surface area contributed by atoms with Gasteiger partial charge in [0.05, 0.1) is 13.7 Å². The first-order chi connectivity index (χ1) is 10.9. The topological polar surface area (TPSA) is 131 Å². The molecule has 0 aliphatic carbocycles. The Hall–Kier alpha value is -3.10. The molecular weight excluding hydrogens is 308 g/mol. The van der Waals surface area contributed by atoms with Crippen LogP contribution < -0.4 is 15.2 Å². The Morgan fingerprint density at radius 3 is 2.70 bits per heavy atom. The summed E-state index contributed by atoms with van der Waals surface area (Å²) >= 11 is 0. The summed E-state index contributed by atoms with van der Waals surface area (Å²) in [4.78, 5) is 36.4. The van der Waals surface area contributed by atoms with Crippen molar-refractivity contribution in [3.8, 4) is 11.5 Å². The minimum absolute atomic E-state index is 0.0413. The molecule has 0 unspecified atom stereocenters. The fourth-order valence-electron chi connectivity index (χ4n) is 1.58. The highest BCUT2D eigenvalue weighted by Crippen LogP contribution is 2.29. The van der Waals surface area contributed by atoms with Crippen molar-refractivity contribution in [2.45, 2.75) is 12.8 Å². The van der Waals surface area contributed by atoms with E-state index in [4.69, 9.17) is 15.2 Å². The molecule has 0 spiro atoms. The first-order valence-electron chi connectivity index (χ1n) is 6.56. The van der Waals surface area contributed by atoms with Crippen LogP contribution in [0.3, 0.4) is 0 Å². The number of esters is 1. The van der Waals surface area contributed by atoms with Crippen molar-refractivity contribution < 1.29 is 29.0 Å². The van der Waals surface area contributed by atoms with Crippen LogP contribution in [0.2, 0.25) is 0 Å². The highest BCUT2D eigenvalue weighted by molar-refractivity contribution is 5.90. The zero-order valence-electron chi connectivity index (χ0n) is 12.4. The van der Waals surface area contributed by atoms with Crippen LogP contribution in [0.5, 0.6) is 11.5 Å². The highest BCUT2D eigenvalue weighted by Gasteiger charge is 2.11. The monoisotopic (exact) mass is 324 g/mol. The summed E-state index contributed by atoms with van der Waals surface area (Å²) in [5.41, 5.74) is 5.64. The van der Waals surface area contributed by atoms with Gasteiger partial charge >= 0.3 is 5.97 Å². The van der Waals surface area contributed by atoms with Gasteiger partial charge in [-0.05, 0) is 30.2 Å². The van der Waals surface area contributed by atoms with Crippen LogP contribution in [0.25, 0.3) is 6.08 Å². The Morgan fingerprint density at radius 2 is 2.09 bits per heavy atom. The zero-order valence-corrected chi connectivity index (χ0v) is 12.4. The SMILES string of the molecule is COc1cc(/C=C/C(N)=O)ccc1OC(=O)CCCO[N+](=O)[O-]. The van der Waals surface area contributed by atoms with E-state index in [9.17, 15) is 19.7 Å². The largest absolute Gasteiger partial charge is 0.493 e. The van der Waals surface area contributed by atoms with Crippen LogP contribution in [0.15, 0.2) is 24.3 Å². The summed E-state index contributed by atoms with van der Waals surface area (Å²) in [7, 11) is 1.40. The zero-order chi connectivity index (χ0) is 17.2. The fraction of sp³-hybridized carbons (Fsp3) is 0.286. The third-order valence-corrected chi connectivity index (χ3v) is 2.57. The molecule has 0 heterocycles. The van der Waals surface area contributed by atoms with Crippen LogP contribution >= 0.6 is 0 Å². The minimum atomic E-state index is -0.924. The molecule has 1 aromatic rings. The second-order valence-electron chi connectivity index (χ2n) is 4.28. The molecule has 0 fully saturated rings. The lowest BCUT2D eigenvalue weighted by Crippen LogP contribution is -2.11. The van der Waals surface area contributed by atoms with E-state index < -0.39 is 17.0 Å². The molecule has 0 bridgehead atoms. The third-order valence-electron chi connectivity index (χ3n) is 2.57. The van der Waals surface area contributed by atoms with Crippen LogP contribution in [0, 0.1) is 10.1 Å². The lowest BCUT2D eigenvalue weighted by atomic mass is 10.2. The molecule has 1 rings (SSSR count). The second-order valence-corrected chi connectivity index (χ2v) is 4.28. The van der Waals surface area contributed by atoms with Gasteiger partial charge in [-0.3, -0.25) is 9.59 Å². The molecule has 0 aromatic heterocycles. The van der Waals surface area contributed by atoms with Crippen molar-refractivity contribution in [2.24, 2.45) is 5.73 Å². The average molecular weight is 324 g/mol. The Bertz CT molecular complexity index is 613. The molecule has 2 N–H and O–H groups in total. The number of carbonyl (C=O) groups excluding carboxylic acids is 2. The first-order valence-corrected chi connectivity index (χ1v) is 6.56. The number of carbonyl (C=O) groups is 2. The van der Waals surface area contributed by atoms with E-state index >= 15 is 0 Å². The molecule has 9 nitrogen and oxygen atoms in total. The highest BCUT2D eigenvalue weighted by atomic mass is 16.9. The van der Waals surface area contributed by atoms with Gasteiger partial charge in [0.15, 0.2) is 11.5 Å². The smallest absolute Gasteiger partial charge is 0.311 e. The number of hydrogen-bond donors (Lipinski definition) is 1. The van der Waals surface area contributed by atoms with Crippen molar-refractivity contribution in [1.29, 1.82) is 0 Å². The number of amides is 1.